The van der Waals surface area contributed by atoms with Crippen LogP contribution in [0.5, 0.6) is 0 Å². The molecule has 1 rings (SSSR count). The van der Waals surface area contributed by atoms with E-state index in [0.29, 0.717) is 6.61 Å². The summed E-state index contributed by atoms with van der Waals surface area (Å²) in [6.07, 6.45) is 21.0. The number of hydrogen-bond donors (Lipinski definition) is 1. The van der Waals surface area contributed by atoms with E-state index in [1.807, 2.05) is 0 Å². The molecule has 0 saturated carbocycles. The van der Waals surface area contributed by atoms with Crippen molar-refractivity contribution in [3.05, 3.63) is 0 Å². The molecule has 0 aromatic rings. The van der Waals surface area contributed by atoms with Crippen LogP contribution < -0.4 is 34.9 Å². The summed E-state index contributed by atoms with van der Waals surface area (Å²) in [6.45, 7) is 3.84. The Balaban J connectivity index is 0. The summed E-state index contributed by atoms with van der Waals surface area (Å²) in [5, 5.41) is 3.18. The molecule has 1 N–H and O–H groups in total. The average molecular weight is 364 g/mol. The van der Waals surface area contributed by atoms with Gasteiger partial charge in [-0.05, 0) is 25.8 Å². The third kappa shape index (κ3) is 15.2. The van der Waals surface area contributed by atoms with E-state index in [1.165, 1.54) is 83.5 Å². The number of ether oxygens (including phenoxy) is 1. The van der Waals surface area contributed by atoms with Crippen LogP contribution in [0.25, 0.3) is 0 Å². The molecule has 0 radical (unpaired) electrons. The van der Waals surface area contributed by atoms with Gasteiger partial charge < -0.3 is 11.5 Å². The molecule has 0 bridgehead atoms. The van der Waals surface area contributed by atoms with Gasteiger partial charge in [-0.25, -0.2) is 0 Å². The zero-order valence-corrected chi connectivity index (χ0v) is 19.1. The monoisotopic (exact) mass is 363 g/mol. The summed E-state index contributed by atoms with van der Waals surface area (Å²) in [5.41, 5.74) is 0. The quantitative estimate of drug-likeness (QED) is 0.260. The minimum absolute atomic E-state index is 0. The first-order valence-corrected chi connectivity index (χ1v) is 10.7. The predicted molar refractivity (Wildman–Crippen MR) is 103 cm³/mol. The summed E-state index contributed by atoms with van der Waals surface area (Å²) in [7, 11) is 0. The zero-order chi connectivity index (χ0) is 17.3. The van der Waals surface area contributed by atoms with E-state index in [4.69, 9.17) is 4.74 Å². The smallest absolute Gasteiger partial charge is 1.00 e. The van der Waals surface area contributed by atoms with Gasteiger partial charge in [0.15, 0.2) is 0 Å². The van der Waals surface area contributed by atoms with Crippen LogP contribution in [0.4, 0.5) is 0 Å². The molecule has 0 amide bonds. The van der Waals surface area contributed by atoms with E-state index in [1.54, 1.807) is 0 Å². The van der Waals surface area contributed by atoms with E-state index in [-0.39, 0.29) is 43.0 Å². The van der Waals surface area contributed by atoms with Crippen LogP contribution in [0.3, 0.4) is 0 Å². The molecule has 1 atom stereocenters. The van der Waals surface area contributed by atoms with Crippen molar-refractivity contribution in [2.45, 2.75) is 116 Å². The third-order valence-corrected chi connectivity index (χ3v) is 5.09. The molecule has 1 saturated heterocycles. The fourth-order valence-corrected chi connectivity index (χ4v) is 3.46. The minimum Gasteiger partial charge on any atom is -1.00 e. The number of rotatable bonds is 16. The molecule has 4 heteroatoms. The summed E-state index contributed by atoms with van der Waals surface area (Å²) in [6, 6.07) is -0.0309. The second-order valence-corrected chi connectivity index (χ2v) is 7.41. The van der Waals surface area contributed by atoms with Crippen LogP contribution in [0.15, 0.2) is 0 Å². The molecule has 144 valence electrons. The molecule has 1 aliphatic rings. The fourth-order valence-electron chi connectivity index (χ4n) is 3.46. The maximum atomic E-state index is 11.7. The Morgan fingerprint density at radius 2 is 1.36 bits per heavy atom. The molecule has 3 nitrogen and oxygen atoms in total. The van der Waals surface area contributed by atoms with Crippen LogP contribution in [0.1, 0.15) is 111 Å². The maximum absolute atomic E-state index is 11.7. The second-order valence-electron chi connectivity index (χ2n) is 7.41. The third-order valence-electron chi connectivity index (χ3n) is 5.09. The van der Waals surface area contributed by atoms with Gasteiger partial charge in [0.2, 0.25) is 0 Å². The van der Waals surface area contributed by atoms with Crippen LogP contribution >= 0.6 is 0 Å². The molecule has 0 aromatic heterocycles. The van der Waals surface area contributed by atoms with Crippen LogP contribution in [0, 0.1) is 0 Å². The Hall–Kier alpha value is 0.430. The van der Waals surface area contributed by atoms with E-state index >= 15 is 0 Å². The molecular formula is C21H42NNaO2. The second kappa shape index (κ2) is 19.2. The predicted octanol–water partition coefficient (Wildman–Crippen LogP) is 2.88. The summed E-state index contributed by atoms with van der Waals surface area (Å²) >= 11 is 0. The molecule has 0 aliphatic carbocycles. The standard InChI is InChI=1S/C21H41NO2.Na.H/c1-2-3-4-5-6-7-8-9-10-11-12-13-14-15-19-24-21(23)20-17-16-18-22-20;;/h20,22H,2-19H2,1H3;;/q;+1;-1/t20-;;/m1../s1. The van der Waals surface area contributed by atoms with Crippen LogP contribution in [-0.2, 0) is 9.53 Å². The van der Waals surface area contributed by atoms with Crippen LogP contribution in [-0.4, -0.2) is 25.2 Å². The molecule has 0 spiro atoms. The Bertz CT molecular complexity index is 300. The van der Waals surface area contributed by atoms with Gasteiger partial charge in [0.25, 0.3) is 0 Å². The van der Waals surface area contributed by atoms with Crippen molar-refractivity contribution in [2.75, 3.05) is 13.2 Å². The number of carbonyl (C=O) groups is 1. The van der Waals surface area contributed by atoms with E-state index in [2.05, 4.69) is 12.2 Å². The van der Waals surface area contributed by atoms with Crippen molar-refractivity contribution in [3.8, 4) is 0 Å². The minimum atomic E-state index is -0.0396. The van der Waals surface area contributed by atoms with Gasteiger partial charge in [0, 0.05) is 0 Å². The average Bonchev–Trinajstić information content (AvgIpc) is 3.13. The Labute approximate surface area is 180 Å². The van der Waals surface area contributed by atoms with E-state index in [9.17, 15) is 4.79 Å². The number of nitrogens with one attached hydrogen (secondary N) is 1. The van der Waals surface area contributed by atoms with Gasteiger partial charge in [-0.2, -0.15) is 0 Å². The van der Waals surface area contributed by atoms with Gasteiger partial charge >= 0.3 is 35.5 Å². The Kier molecular flexibility index (Phi) is 19.5. The molecule has 1 fully saturated rings. The van der Waals surface area contributed by atoms with Crippen molar-refractivity contribution in [1.29, 1.82) is 0 Å². The summed E-state index contributed by atoms with van der Waals surface area (Å²) in [5.74, 6) is -0.0396. The molecule has 1 heterocycles. The number of hydrogen-bond acceptors (Lipinski definition) is 3. The van der Waals surface area contributed by atoms with Crippen molar-refractivity contribution in [1.82, 2.24) is 5.32 Å². The number of unbranched alkanes of at least 4 members (excludes halogenated alkanes) is 13. The van der Waals surface area contributed by atoms with Gasteiger partial charge in [0.05, 0.1) is 6.61 Å². The topological polar surface area (TPSA) is 38.3 Å². The maximum Gasteiger partial charge on any atom is 1.00 e. The molecule has 1 aliphatic heterocycles. The molecule has 25 heavy (non-hydrogen) atoms. The van der Waals surface area contributed by atoms with Gasteiger partial charge in [0.1, 0.15) is 6.04 Å². The molecular weight excluding hydrogens is 321 g/mol. The summed E-state index contributed by atoms with van der Waals surface area (Å²) < 4.78 is 5.33. The van der Waals surface area contributed by atoms with Gasteiger partial charge in [-0.3, -0.25) is 4.79 Å². The van der Waals surface area contributed by atoms with Crippen LogP contribution in [0.2, 0.25) is 0 Å². The zero-order valence-electron chi connectivity index (χ0n) is 18.1. The number of carbonyl (C=O) groups excluding carboxylic acids is 1. The molecule has 0 unspecified atom stereocenters. The largest absolute Gasteiger partial charge is 1.00 e. The van der Waals surface area contributed by atoms with Gasteiger partial charge in [-0.15, -0.1) is 0 Å². The van der Waals surface area contributed by atoms with Crippen molar-refractivity contribution < 1.29 is 40.5 Å². The Morgan fingerprint density at radius 1 is 0.880 bits per heavy atom. The fraction of sp³-hybridized carbons (Fsp3) is 0.952. The normalized spacial score (nSPS) is 16.6. The first kappa shape index (κ1) is 25.4. The Morgan fingerprint density at radius 3 is 1.80 bits per heavy atom. The van der Waals surface area contributed by atoms with E-state index < -0.39 is 0 Å². The number of esters is 1. The van der Waals surface area contributed by atoms with Gasteiger partial charge in [-0.1, -0.05) is 90.4 Å². The first-order valence-electron chi connectivity index (χ1n) is 10.7. The summed E-state index contributed by atoms with van der Waals surface area (Å²) in [4.78, 5) is 11.7. The SMILES string of the molecule is CCCCCCCCCCCCCCCCOC(=O)[C@H]1CCCN1.[H-].[Na+]. The molecule has 0 aromatic carbocycles. The van der Waals surface area contributed by atoms with Crippen molar-refractivity contribution >= 4 is 5.97 Å². The first-order chi connectivity index (χ1) is 11.8. The van der Waals surface area contributed by atoms with Crippen molar-refractivity contribution in [3.63, 3.8) is 0 Å². The van der Waals surface area contributed by atoms with Crippen molar-refractivity contribution in [2.24, 2.45) is 0 Å². The van der Waals surface area contributed by atoms with E-state index in [0.717, 1.165) is 25.8 Å².